The maximum absolute atomic E-state index is 13.4. The van der Waals surface area contributed by atoms with Crippen molar-refractivity contribution in [1.29, 1.82) is 0 Å². The summed E-state index contributed by atoms with van der Waals surface area (Å²) >= 11 is 0. The number of benzene rings is 4. The fourth-order valence-electron chi connectivity index (χ4n) is 3.69. The number of halogens is 3. The van der Waals surface area contributed by atoms with Crippen molar-refractivity contribution in [3.8, 4) is 5.75 Å². The van der Waals surface area contributed by atoms with Gasteiger partial charge in [-0.1, -0.05) is 84.9 Å². The van der Waals surface area contributed by atoms with Gasteiger partial charge in [-0.2, -0.15) is 13.2 Å². The normalized spacial score (nSPS) is 11.1. The van der Waals surface area contributed by atoms with E-state index >= 15 is 0 Å². The molecule has 4 aromatic rings. The molecule has 0 bridgehead atoms. The van der Waals surface area contributed by atoms with Crippen LogP contribution in [-0.2, 0) is 25.9 Å². The summed E-state index contributed by atoms with van der Waals surface area (Å²) < 4.78 is 46.1. The molecule has 0 atom stereocenters. The van der Waals surface area contributed by atoms with Crippen LogP contribution in [0, 0.1) is 0 Å². The summed E-state index contributed by atoms with van der Waals surface area (Å²) in [6, 6.07) is 30.7. The largest absolute Gasteiger partial charge is 0.489 e. The molecule has 2 amide bonds. The predicted octanol–water partition coefficient (Wildman–Crippen LogP) is 7.52. The lowest BCUT2D eigenvalue weighted by atomic mass is 10.1. The smallest absolute Gasteiger partial charge is 0.418 e. The molecule has 0 aliphatic rings. The van der Waals surface area contributed by atoms with Crippen molar-refractivity contribution in [2.24, 2.45) is 0 Å². The Hall–Kier alpha value is -4.26. The van der Waals surface area contributed by atoms with Crippen molar-refractivity contribution in [3.05, 3.63) is 131 Å². The maximum atomic E-state index is 13.4. The lowest BCUT2D eigenvalue weighted by Gasteiger charge is -2.24. The van der Waals surface area contributed by atoms with Crippen LogP contribution in [0.5, 0.6) is 5.75 Å². The van der Waals surface area contributed by atoms with E-state index in [4.69, 9.17) is 4.74 Å². The lowest BCUT2D eigenvalue weighted by molar-refractivity contribution is -0.136. The zero-order valence-electron chi connectivity index (χ0n) is 19.4. The van der Waals surface area contributed by atoms with Gasteiger partial charge in [0.1, 0.15) is 12.4 Å². The molecule has 0 aromatic heterocycles. The number of carbonyl (C=O) groups is 1. The molecule has 0 spiro atoms. The van der Waals surface area contributed by atoms with Gasteiger partial charge in [0, 0.05) is 13.1 Å². The van der Waals surface area contributed by atoms with Crippen molar-refractivity contribution < 1.29 is 22.7 Å². The van der Waals surface area contributed by atoms with Crippen LogP contribution in [0.1, 0.15) is 22.3 Å². The molecule has 0 saturated heterocycles. The number of hydrogen-bond acceptors (Lipinski definition) is 2. The first kappa shape index (κ1) is 24.9. The van der Waals surface area contributed by atoms with Gasteiger partial charge in [0.15, 0.2) is 0 Å². The van der Waals surface area contributed by atoms with Crippen LogP contribution in [0.2, 0.25) is 0 Å². The van der Waals surface area contributed by atoms with Crippen LogP contribution in [0.4, 0.5) is 23.7 Å². The Kier molecular flexibility index (Phi) is 7.90. The van der Waals surface area contributed by atoms with Crippen molar-refractivity contribution in [1.82, 2.24) is 4.90 Å². The van der Waals surface area contributed by atoms with E-state index in [9.17, 15) is 18.0 Å². The Morgan fingerprint density at radius 3 is 1.83 bits per heavy atom. The van der Waals surface area contributed by atoms with Crippen molar-refractivity contribution in [3.63, 3.8) is 0 Å². The number of para-hydroxylation sites is 1. The van der Waals surface area contributed by atoms with Crippen molar-refractivity contribution >= 4 is 11.7 Å². The molecule has 0 aliphatic heterocycles. The number of rotatable bonds is 8. The van der Waals surface area contributed by atoms with Crippen LogP contribution >= 0.6 is 0 Å². The second-order valence-corrected chi connectivity index (χ2v) is 8.23. The molecular formula is C29H25F3N2O2. The average molecular weight is 491 g/mol. The molecule has 7 heteroatoms. The Morgan fingerprint density at radius 2 is 1.22 bits per heavy atom. The Bertz CT molecular complexity index is 1260. The minimum absolute atomic E-state index is 0.202. The van der Waals surface area contributed by atoms with Crippen LogP contribution in [0.3, 0.4) is 0 Å². The molecule has 4 nitrogen and oxygen atoms in total. The Morgan fingerprint density at radius 1 is 0.694 bits per heavy atom. The topological polar surface area (TPSA) is 41.6 Å². The fourth-order valence-corrected chi connectivity index (χ4v) is 3.69. The molecule has 0 radical (unpaired) electrons. The van der Waals surface area contributed by atoms with Gasteiger partial charge in [0.2, 0.25) is 0 Å². The highest BCUT2D eigenvalue weighted by Crippen LogP contribution is 2.34. The average Bonchev–Trinajstić information content (AvgIpc) is 2.89. The van der Waals surface area contributed by atoms with E-state index < -0.39 is 17.8 Å². The molecule has 0 saturated carbocycles. The van der Waals surface area contributed by atoms with E-state index in [0.29, 0.717) is 12.4 Å². The number of carbonyl (C=O) groups excluding carboxylic acids is 1. The van der Waals surface area contributed by atoms with Crippen LogP contribution < -0.4 is 10.1 Å². The zero-order valence-corrected chi connectivity index (χ0v) is 19.4. The second-order valence-electron chi connectivity index (χ2n) is 8.23. The third-order valence-corrected chi connectivity index (χ3v) is 5.52. The van der Waals surface area contributed by atoms with E-state index in [2.05, 4.69) is 5.32 Å². The number of anilines is 1. The summed E-state index contributed by atoms with van der Waals surface area (Å²) in [5, 5.41) is 2.45. The standard InChI is InChI=1S/C29H25F3N2O2/c30-29(31,32)26-13-7-8-14-27(26)33-28(35)34(19-22-9-3-1-4-10-22)20-23-15-17-25(18-16-23)36-21-24-11-5-2-6-12-24/h1-18H,19-21H2,(H,33,35). The quantitative estimate of drug-likeness (QED) is 0.278. The molecule has 4 aromatic carbocycles. The highest BCUT2D eigenvalue weighted by Gasteiger charge is 2.34. The molecule has 0 unspecified atom stereocenters. The monoisotopic (exact) mass is 490 g/mol. The van der Waals surface area contributed by atoms with Crippen molar-refractivity contribution in [2.75, 3.05) is 5.32 Å². The van der Waals surface area contributed by atoms with Gasteiger partial charge in [0.05, 0.1) is 11.3 Å². The minimum atomic E-state index is -4.58. The summed E-state index contributed by atoms with van der Waals surface area (Å²) in [7, 11) is 0. The molecule has 184 valence electrons. The molecule has 36 heavy (non-hydrogen) atoms. The highest BCUT2D eigenvalue weighted by atomic mass is 19.4. The molecule has 0 aliphatic carbocycles. The number of hydrogen-bond donors (Lipinski definition) is 1. The van der Waals surface area contributed by atoms with E-state index in [-0.39, 0.29) is 18.8 Å². The first-order valence-corrected chi connectivity index (χ1v) is 11.4. The second kappa shape index (κ2) is 11.4. The summed E-state index contributed by atoms with van der Waals surface area (Å²) in [6.45, 7) is 0.863. The third kappa shape index (κ3) is 6.88. The summed E-state index contributed by atoms with van der Waals surface area (Å²) in [5.74, 6) is 0.681. The van der Waals surface area contributed by atoms with Gasteiger partial charge >= 0.3 is 12.2 Å². The van der Waals surface area contributed by atoms with Gasteiger partial charge in [-0.15, -0.1) is 0 Å². The number of amides is 2. The Labute approximate surface area is 208 Å². The Balaban J connectivity index is 1.48. The van der Waals surface area contributed by atoms with Gasteiger partial charge in [-0.3, -0.25) is 0 Å². The number of nitrogens with one attached hydrogen (secondary N) is 1. The zero-order chi connectivity index (χ0) is 25.4. The van der Waals surface area contributed by atoms with Gasteiger partial charge in [-0.25, -0.2) is 4.79 Å². The van der Waals surface area contributed by atoms with Gasteiger partial charge in [0.25, 0.3) is 0 Å². The third-order valence-electron chi connectivity index (χ3n) is 5.52. The minimum Gasteiger partial charge on any atom is -0.489 e. The molecule has 4 rings (SSSR count). The van der Waals surface area contributed by atoms with Gasteiger partial charge < -0.3 is 15.0 Å². The fraction of sp³-hybridized carbons (Fsp3) is 0.138. The van der Waals surface area contributed by atoms with Crippen LogP contribution in [-0.4, -0.2) is 10.9 Å². The molecule has 1 N–H and O–H groups in total. The van der Waals surface area contributed by atoms with E-state index in [1.165, 1.54) is 23.1 Å². The number of urea groups is 1. The van der Waals surface area contributed by atoms with E-state index in [1.54, 1.807) is 0 Å². The van der Waals surface area contributed by atoms with E-state index in [1.807, 2.05) is 84.9 Å². The summed E-state index contributed by atoms with van der Waals surface area (Å²) in [5.41, 5.74) is 1.55. The molecular weight excluding hydrogens is 465 g/mol. The summed E-state index contributed by atoms with van der Waals surface area (Å²) in [4.78, 5) is 14.6. The first-order chi connectivity index (χ1) is 17.4. The van der Waals surface area contributed by atoms with E-state index in [0.717, 1.165) is 22.8 Å². The maximum Gasteiger partial charge on any atom is 0.418 e. The highest BCUT2D eigenvalue weighted by molar-refractivity contribution is 5.90. The van der Waals surface area contributed by atoms with Crippen LogP contribution in [0.15, 0.2) is 109 Å². The molecule has 0 fully saturated rings. The predicted molar refractivity (Wildman–Crippen MR) is 133 cm³/mol. The van der Waals surface area contributed by atoms with Crippen molar-refractivity contribution in [2.45, 2.75) is 25.9 Å². The van der Waals surface area contributed by atoms with Gasteiger partial charge in [-0.05, 0) is 41.0 Å². The molecule has 0 heterocycles. The number of ether oxygens (including phenoxy) is 1. The number of nitrogens with zero attached hydrogens (tertiary/aromatic N) is 1. The lowest BCUT2D eigenvalue weighted by Crippen LogP contribution is -2.34. The first-order valence-electron chi connectivity index (χ1n) is 11.4. The number of alkyl halides is 3. The van der Waals surface area contributed by atoms with Crippen LogP contribution in [0.25, 0.3) is 0 Å². The summed E-state index contributed by atoms with van der Waals surface area (Å²) in [6.07, 6.45) is -4.58. The SMILES string of the molecule is O=C(Nc1ccccc1C(F)(F)F)N(Cc1ccccc1)Cc1ccc(OCc2ccccc2)cc1.